The van der Waals surface area contributed by atoms with Crippen LogP contribution in [-0.2, 0) is 14.3 Å². The van der Waals surface area contributed by atoms with Crippen molar-refractivity contribution in [3.8, 4) is 0 Å². The molecule has 29 heavy (non-hydrogen) atoms. The number of aliphatic imine (C=N–C) groups is 1. The maximum Gasteiger partial charge on any atom is 0.316 e. The van der Waals surface area contributed by atoms with Gasteiger partial charge in [0.2, 0.25) is 0 Å². The van der Waals surface area contributed by atoms with Gasteiger partial charge in [-0.1, -0.05) is 57.2 Å². The Hall–Kier alpha value is -2.95. The van der Waals surface area contributed by atoms with E-state index in [2.05, 4.69) is 0 Å². The Balaban J connectivity index is 2.22. The minimum absolute atomic E-state index is 0.162. The number of nitrogens with zero attached hydrogens (tertiary/aromatic N) is 1. The predicted molar refractivity (Wildman–Crippen MR) is 115 cm³/mol. The topological polar surface area (TPSA) is 76.0 Å². The Bertz CT molecular complexity index is 1010. The minimum atomic E-state index is -0.894. The lowest BCUT2D eigenvalue weighted by Gasteiger charge is -2.37. The van der Waals surface area contributed by atoms with Gasteiger partial charge in [-0.25, -0.2) is 0 Å². The molecule has 0 aromatic heterocycles. The molecule has 1 aliphatic carbocycles. The van der Waals surface area contributed by atoms with Gasteiger partial charge in [-0.2, -0.15) is 0 Å². The summed E-state index contributed by atoms with van der Waals surface area (Å²) in [5.41, 5.74) is 0.772. The van der Waals surface area contributed by atoms with Gasteiger partial charge in [-0.05, 0) is 29.7 Å². The number of esters is 1. The van der Waals surface area contributed by atoms with Crippen molar-refractivity contribution in [2.24, 2.45) is 16.3 Å². The molecule has 0 bridgehead atoms. The van der Waals surface area contributed by atoms with Crippen molar-refractivity contribution in [3.05, 3.63) is 53.8 Å². The molecule has 0 spiro atoms. The molecule has 0 saturated heterocycles. The first-order valence-corrected chi connectivity index (χ1v) is 9.90. The number of hydrogen-bond acceptors (Lipinski definition) is 5. The molecule has 1 aliphatic rings. The number of rotatable bonds is 5. The SMILES string of the molecule is CCCC(=O)C1=C(O)[C@H](C(=O)OC)C(C)(C)CC1=Nc1cccc2ccccc12. The summed E-state index contributed by atoms with van der Waals surface area (Å²) in [6.45, 7) is 5.66. The van der Waals surface area contributed by atoms with Crippen molar-refractivity contribution in [2.75, 3.05) is 7.11 Å². The van der Waals surface area contributed by atoms with Crippen molar-refractivity contribution in [1.29, 1.82) is 0 Å². The number of carbonyl (C=O) groups excluding carboxylic acids is 2. The fourth-order valence-electron chi connectivity index (χ4n) is 4.04. The van der Waals surface area contributed by atoms with E-state index in [1.165, 1.54) is 7.11 Å². The van der Waals surface area contributed by atoms with Crippen molar-refractivity contribution < 1.29 is 19.4 Å². The lowest BCUT2D eigenvalue weighted by molar-refractivity contribution is -0.149. The number of Topliss-reactive ketones (excluding diaryl/α,β-unsaturated/α-hetero) is 1. The van der Waals surface area contributed by atoms with Crippen LogP contribution in [0.15, 0.2) is 58.8 Å². The monoisotopic (exact) mass is 393 g/mol. The van der Waals surface area contributed by atoms with Crippen molar-refractivity contribution in [3.63, 3.8) is 0 Å². The predicted octanol–water partition coefficient (Wildman–Crippen LogP) is 5.31. The summed E-state index contributed by atoms with van der Waals surface area (Å²) < 4.78 is 4.91. The molecule has 0 fully saturated rings. The van der Waals surface area contributed by atoms with Gasteiger partial charge in [0.15, 0.2) is 5.78 Å². The molecule has 2 aromatic carbocycles. The number of carbonyl (C=O) groups is 2. The number of fused-ring (bicyclic) bond motifs is 1. The van der Waals surface area contributed by atoms with Crippen LogP contribution in [0, 0.1) is 11.3 Å². The van der Waals surface area contributed by atoms with E-state index in [0.29, 0.717) is 18.6 Å². The zero-order valence-electron chi connectivity index (χ0n) is 17.4. The Morgan fingerprint density at radius 3 is 2.55 bits per heavy atom. The summed E-state index contributed by atoms with van der Waals surface area (Å²) in [6, 6.07) is 13.7. The molecular formula is C24H27NO4. The number of aliphatic hydroxyl groups excluding tert-OH is 1. The molecule has 2 aromatic rings. The van der Waals surface area contributed by atoms with E-state index in [-0.39, 0.29) is 23.5 Å². The Morgan fingerprint density at radius 1 is 1.17 bits per heavy atom. The molecule has 5 heteroatoms. The first-order chi connectivity index (χ1) is 13.8. The third-order valence-corrected chi connectivity index (χ3v) is 5.44. The summed E-state index contributed by atoms with van der Waals surface area (Å²) in [6.07, 6.45) is 1.30. The van der Waals surface area contributed by atoms with Gasteiger partial charge < -0.3 is 9.84 Å². The van der Waals surface area contributed by atoms with Crippen LogP contribution < -0.4 is 0 Å². The molecule has 0 aliphatic heterocycles. The van der Waals surface area contributed by atoms with Crippen LogP contribution in [0.1, 0.15) is 40.0 Å². The van der Waals surface area contributed by atoms with E-state index in [4.69, 9.17) is 9.73 Å². The van der Waals surface area contributed by atoms with E-state index in [1.54, 1.807) is 0 Å². The highest BCUT2D eigenvalue weighted by atomic mass is 16.5. The normalized spacial score (nSPS) is 20.1. The molecule has 0 saturated carbocycles. The molecule has 0 amide bonds. The largest absolute Gasteiger partial charge is 0.511 e. The van der Waals surface area contributed by atoms with Crippen LogP contribution in [0.2, 0.25) is 0 Å². The molecule has 5 nitrogen and oxygen atoms in total. The fraction of sp³-hybridized carbons (Fsp3) is 0.375. The zero-order chi connectivity index (χ0) is 21.2. The standard InChI is InChI=1S/C24H27NO4/c1-5-9-19(26)20-18(14-24(2,3)21(22(20)27)23(28)29-4)25-17-13-8-11-15-10-6-7-12-16(15)17/h6-8,10-13,21,27H,5,9,14H2,1-4H3/t21-/m1/s1. The van der Waals surface area contributed by atoms with E-state index in [0.717, 1.165) is 16.5 Å². The molecule has 0 radical (unpaired) electrons. The summed E-state index contributed by atoms with van der Waals surface area (Å²) in [5, 5.41) is 13.0. The van der Waals surface area contributed by atoms with Gasteiger partial charge in [-0.15, -0.1) is 0 Å². The van der Waals surface area contributed by atoms with Crippen LogP contribution in [0.25, 0.3) is 10.8 Å². The molecular weight excluding hydrogens is 366 g/mol. The number of ether oxygens (including phenoxy) is 1. The number of methoxy groups -OCH3 is 1. The lowest BCUT2D eigenvalue weighted by Crippen LogP contribution is -2.41. The maximum absolute atomic E-state index is 12.9. The highest BCUT2D eigenvalue weighted by Crippen LogP contribution is 2.44. The molecule has 1 N–H and O–H groups in total. The summed E-state index contributed by atoms with van der Waals surface area (Å²) in [5.74, 6) is -1.87. The quantitative estimate of drug-likeness (QED) is 0.698. The van der Waals surface area contributed by atoms with E-state index in [1.807, 2.05) is 63.2 Å². The first-order valence-electron chi connectivity index (χ1n) is 9.90. The summed E-state index contributed by atoms with van der Waals surface area (Å²) in [7, 11) is 1.29. The number of allylic oxidation sites excluding steroid dienone is 1. The Labute approximate surface area is 171 Å². The second kappa shape index (κ2) is 8.19. The van der Waals surface area contributed by atoms with Gasteiger partial charge in [0.1, 0.15) is 11.7 Å². The molecule has 152 valence electrons. The number of ketones is 1. The molecule has 0 heterocycles. The third-order valence-electron chi connectivity index (χ3n) is 5.44. The number of hydrogen-bond donors (Lipinski definition) is 1. The Kier molecular flexibility index (Phi) is 5.87. The van der Waals surface area contributed by atoms with E-state index >= 15 is 0 Å². The number of benzene rings is 2. The van der Waals surface area contributed by atoms with Gasteiger partial charge in [0.05, 0.1) is 24.1 Å². The molecule has 3 rings (SSSR count). The van der Waals surface area contributed by atoms with Crippen LogP contribution in [0.5, 0.6) is 0 Å². The van der Waals surface area contributed by atoms with Crippen LogP contribution in [-0.4, -0.2) is 29.7 Å². The minimum Gasteiger partial charge on any atom is -0.511 e. The highest BCUT2D eigenvalue weighted by molar-refractivity contribution is 6.24. The lowest BCUT2D eigenvalue weighted by atomic mass is 9.67. The maximum atomic E-state index is 12.9. The average Bonchev–Trinajstić information content (AvgIpc) is 2.67. The first kappa shape index (κ1) is 20.8. The zero-order valence-corrected chi connectivity index (χ0v) is 17.4. The fourth-order valence-corrected chi connectivity index (χ4v) is 4.04. The van der Waals surface area contributed by atoms with E-state index in [9.17, 15) is 14.7 Å². The molecule has 0 unspecified atom stereocenters. The van der Waals surface area contributed by atoms with Gasteiger partial charge in [0, 0.05) is 11.8 Å². The van der Waals surface area contributed by atoms with Gasteiger partial charge in [0.25, 0.3) is 0 Å². The van der Waals surface area contributed by atoms with Crippen molar-refractivity contribution >= 4 is 33.9 Å². The van der Waals surface area contributed by atoms with Gasteiger partial charge >= 0.3 is 5.97 Å². The number of aliphatic hydroxyl groups is 1. The second-order valence-corrected chi connectivity index (χ2v) is 8.11. The van der Waals surface area contributed by atoms with Crippen LogP contribution >= 0.6 is 0 Å². The highest BCUT2D eigenvalue weighted by Gasteiger charge is 2.47. The smallest absolute Gasteiger partial charge is 0.316 e. The van der Waals surface area contributed by atoms with E-state index < -0.39 is 17.3 Å². The Morgan fingerprint density at radius 2 is 1.86 bits per heavy atom. The second-order valence-electron chi connectivity index (χ2n) is 8.11. The average molecular weight is 393 g/mol. The van der Waals surface area contributed by atoms with Crippen molar-refractivity contribution in [2.45, 2.75) is 40.0 Å². The van der Waals surface area contributed by atoms with Crippen LogP contribution in [0.3, 0.4) is 0 Å². The molecule has 1 atom stereocenters. The van der Waals surface area contributed by atoms with Crippen molar-refractivity contribution in [1.82, 2.24) is 0 Å². The van der Waals surface area contributed by atoms with Crippen LogP contribution in [0.4, 0.5) is 5.69 Å². The summed E-state index contributed by atoms with van der Waals surface area (Å²) in [4.78, 5) is 30.1. The third kappa shape index (κ3) is 3.95. The van der Waals surface area contributed by atoms with Gasteiger partial charge in [-0.3, -0.25) is 14.6 Å². The summed E-state index contributed by atoms with van der Waals surface area (Å²) >= 11 is 0.